The van der Waals surface area contributed by atoms with Crippen LogP contribution < -0.4 is 4.90 Å². The van der Waals surface area contributed by atoms with E-state index in [0.717, 1.165) is 0 Å². The van der Waals surface area contributed by atoms with E-state index >= 15 is 0 Å². The molecule has 2 nitrogen and oxygen atoms in total. The summed E-state index contributed by atoms with van der Waals surface area (Å²) in [5, 5.41) is 9.62. The molecular weight excluding hydrogens is 210 g/mol. The van der Waals surface area contributed by atoms with Crippen molar-refractivity contribution in [3.8, 4) is 16.9 Å². The summed E-state index contributed by atoms with van der Waals surface area (Å²) in [6.45, 7) is 2.16. The minimum Gasteiger partial charge on any atom is -0.508 e. The summed E-state index contributed by atoms with van der Waals surface area (Å²) in [6.07, 6.45) is 0. The predicted octanol–water partition coefficient (Wildman–Crippen LogP) is 3.57. The molecule has 0 aromatic heterocycles. The van der Waals surface area contributed by atoms with E-state index in [1.807, 2.05) is 12.1 Å². The van der Waals surface area contributed by atoms with Crippen molar-refractivity contribution in [3.05, 3.63) is 48.0 Å². The standard InChI is InChI=1S/C15H15NO/c1-10-14-9-11(17)7-8-12(14)13-5-3-4-6-15(13)16(10)2/h3-10,17H,1-2H3. The van der Waals surface area contributed by atoms with Gasteiger partial charge in [0.15, 0.2) is 0 Å². The third kappa shape index (κ3) is 1.41. The van der Waals surface area contributed by atoms with Crippen molar-refractivity contribution in [3.63, 3.8) is 0 Å². The maximum absolute atomic E-state index is 9.62. The number of para-hydroxylation sites is 1. The lowest BCUT2D eigenvalue weighted by Gasteiger charge is -2.35. The Kier molecular flexibility index (Phi) is 2.11. The van der Waals surface area contributed by atoms with E-state index in [2.05, 4.69) is 43.1 Å². The molecule has 0 spiro atoms. The van der Waals surface area contributed by atoms with Crippen molar-refractivity contribution in [1.82, 2.24) is 0 Å². The minimum absolute atomic E-state index is 0.284. The first-order valence-electron chi connectivity index (χ1n) is 5.83. The molecule has 2 heteroatoms. The van der Waals surface area contributed by atoms with Crippen LogP contribution in [0.25, 0.3) is 11.1 Å². The number of hydrogen-bond donors (Lipinski definition) is 1. The Morgan fingerprint density at radius 3 is 2.65 bits per heavy atom. The minimum atomic E-state index is 0.284. The Bertz CT molecular complexity index is 577. The van der Waals surface area contributed by atoms with Crippen LogP contribution >= 0.6 is 0 Å². The summed E-state index contributed by atoms with van der Waals surface area (Å²) in [7, 11) is 2.09. The molecule has 1 unspecified atom stereocenters. The van der Waals surface area contributed by atoms with Gasteiger partial charge in [-0.1, -0.05) is 24.3 Å². The molecule has 0 fully saturated rings. The van der Waals surface area contributed by atoms with Gasteiger partial charge in [0.2, 0.25) is 0 Å². The van der Waals surface area contributed by atoms with Crippen LogP contribution in [0, 0.1) is 0 Å². The van der Waals surface area contributed by atoms with E-state index in [1.54, 1.807) is 6.07 Å². The van der Waals surface area contributed by atoms with Crippen LogP contribution in [0.4, 0.5) is 5.69 Å². The highest BCUT2D eigenvalue weighted by Gasteiger charge is 2.25. The number of rotatable bonds is 0. The number of phenolic OH excluding ortho intramolecular Hbond substituents is 1. The molecule has 1 aliphatic rings. The van der Waals surface area contributed by atoms with E-state index < -0.39 is 0 Å². The molecular formula is C15H15NO. The van der Waals surface area contributed by atoms with E-state index in [0.29, 0.717) is 5.75 Å². The molecule has 0 radical (unpaired) electrons. The van der Waals surface area contributed by atoms with E-state index in [9.17, 15) is 5.11 Å². The van der Waals surface area contributed by atoms with Crippen molar-refractivity contribution < 1.29 is 5.11 Å². The predicted molar refractivity (Wildman–Crippen MR) is 70.4 cm³/mol. The summed E-state index contributed by atoms with van der Waals surface area (Å²) < 4.78 is 0. The molecule has 2 aromatic rings. The van der Waals surface area contributed by atoms with Gasteiger partial charge in [-0.2, -0.15) is 0 Å². The van der Waals surface area contributed by atoms with Gasteiger partial charge in [-0.25, -0.2) is 0 Å². The Morgan fingerprint density at radius 1 is 1.06 bits per heavy atom. The molecule has 3 rings (SSSR count). The zero-order chi connectivity index (χ0) is 12.0. The van der Waals surface area contributed by atoms with Gasteiger partial charge in [0, 0.05) is 18.3 Å². The van der Waals surface area contributed by atoms with Gasteiger partial charge >= 0.3 is 0 Å². The van der Waals surface area contributed by atoms with Crippen LogP contribution in [-0.2, 0) is 0 Å². The fraction of sp³-hybridized carbons (Fsp3) is 0.200. The molecule has 2 aromatic carbocycles. The third-order valence-corrected chi connectivity index (χ3v) is 3.64. The topological polar surface area (TPSA) is 23.5 Å². The molecule has 1 aliphatic heterocycles. The second kappa shape index (κ2) is 3.52. The molecule has 1 atom stereocenters. The molecule has 0 saturated carbocycles. The van der Waals surface area contributed by atoms with Crippen molar-refractivity contribution >= 4 is 5.69 Å². The normalized spacial score (nSPS) is 17.5. The first kappa shape index (κ1) is 10.2. The van der Waals surface area contributed by atoms with Crippen molar-refractivity contribution in [2.75, 3.05) is 11.9 Å². The lowest BCUT2D eigenvalue weighted by Crippen LogP contribution is -2.25. The number of nitrogens with zero attached hydrogens (tertiary/aromatic N) is 1. The molecule has 1 N–H and O–H groups in total. The van der Waals surface area contributed by atoms with Gasteiger partial charge in [-0.15, -0.1) is 0 Å². The zero-order valence-electron chi connectivity index (χ0n) is 10.0. The quantitative estimate of drug-likeness (QED) is 0.741. The van der Waals surface area contributed by atoms with E-state index in [-0.39, 0.29) is 6.04 Å². The average Bonchev–Trinajstić information content (AvgIpc) is 2.36. The second-order valence-corrected chi connectivity index (χ2v) is 4.58. The maximum atomic E-state index is 9.62. The van der Waals surface area contributed by atoms with Gasteiger partial charge in [0.25, 0.3) is 0 Å². The highest BCUT2D eigenvalue weighted by atomic mass is 16.3. The Labute approximate surface area is 101 Å². The summed E-state index contributed by atoms with van der Waals surface area (Å²) in [6, 6.07) is 14.3. The van der Waals surface area contributed by atoms with Gasteiger partial charge < -0.3 is 10.0 Å². The lowest BCUT2D eigenvalue weighted by molar-refractivity contribution is 0.474. The average molecular weight is 225 g/mol. The van der Waals surface area contributed by atoms with Crippen molar-refractivity contribution in [2.45, 2.75) is 13.0 Å². The molecule has 0 amide bonds. The Balaban J connectivity index is 2.32. The molecule has 1 heterocycles. The zero-order valence-corrected chi connectivity index (χ0v) is 10.0. The SMILES string of the molecule is CC1c2cc(O)ccc2-c2ccccc2N1C. The number of aromatic hydroxyl groups is 1. The maximum Gasteiger partial charge on any atom is 0.115 e. The number of anilines is 1. The van der Waals surface area contributed by atoms with Crippen LogP contribution in [0.2, 0.25) is 0 Å². The van der Waals surface area contributed by atoms with E-state index in [1.165, 1.54) is 22.4 Å². The van der Waals surface area contributed by atoms with Gasteiger partial charge in [-0.3, -0.25) is 0 Å². The first-order valence-corrected chi connectivity index (χ1v) is 5.83. The fourth-order valence-corrected chi connectivity index (χ4v) is 2.57. The van der Waals surface area contributed by atoms with Crippen LogP contribution in [0.5, 0.6) is 5.75 Å². The lowest BCUT2D eigenvalue weighted by atomic mass is 9.89. The van der Waals surface area contributed by atoms with Gasteiger partial charge in [-0.05, 0) is 36.2 Å². The van der Waals surface area contributed by atoms with Gasteiger partial charge in [0.05, 0.1) is 6.04 Å². The molecule has 17 heavy (non-hydrogen) atoms. The van der Waals surface area contributed by atoms with Crippen LogP contribution in [0.3, 0.4) is 0 Å². The van der Waals surface area contributed by atoms with Crippen LogP contribution in [0.1, 0.15) is 18.5 Å². The molecule has 0 bridgehead atoms. The first-order chi connectivity index (χ1) is 8.18. The smallest absolute Gasteiger partial charge is 0.115 e. The number of benzene rings is 2. The fourth-order valence-electron chi connectivity index (χ4n) is 2.57. The monoisotopic (exact) mass is 225 g/mol. The Morgan fingerprint density at radius 2 is 1.82 bits per heavy atom. The summed E-state index contributed by atoms with van der Waals surface area (Å²) in [4.78, 5) is 2.25. The second-order valence-electron chi connectivity index (χ2n) is 4.58. The largest absolute Gasteiger partial charge is 0.508 e. The summed E-state index contributed by atoms with van der Waals surface area (Å²) in [5.41, 5.74) is 4.90. The van der Waals surface area contributed by atoms with Crippen LogP contribution in [0.15, 0.2) is 42.5 Å². The number of hydrogen-bond acceptors (Lipinski definition) is 2. The van der Waals surface area contributed by atoms with Crippen molar-refractivity contribution in [1.29, 1.82) is 0 Å². The highest BCUT2D eigenvalue weighted by molar-refractivity contribution is 5.84. The van der Waals surface area contributed by atoms with Gasteiger partial charge in [0.1, 0.15) is 5.75 Å². The van der Waals surface area contributed by atoms with Crippen molar-refractivity contribution in [2.24, 2.45) is 0 Å². The molecule has 0 saturated heterocycles. The van der Waals surface area contributed by atoms with Crippen LogP contribution in [-0.4, -0.2) is 12.2 Å². The Hall–Kier alpha value is -1.96. The summed E-state index contributed by atoms with van der Waals surface area (Å²) in [5.74, 6) is 0.336. The number of fused-ring (bicyclic) bond motifs is 3. The summed E-state index contributed by atoms with van der Waals surface area (Å²) >= 11 is 0. The third-order valence-electron chi connectivity index (χ3n) is 3.64. The molecule has 0 aliphatic carbocycles. The molecule has 86 valence electrons. The van der Waals surface area contributed by atoms with E-state index in [4.69, 9.17) is 0 Å². The highest BCUT2D eigenvalue weighted by Crippen LogP contribution is 2.44. The number of phenols is 1.